The Morgan fingerprint density at radius 1 is 1.27 bits per heavy atom. The molecule has 7 heteroatoms. The molecule has 0 fully saturated rings. The zero-order valence-corrected chi connectivity index (χ0v) is 16.1. The lowest BCUT2D eigenvalue weighted by Crippen LogP contribution is -2.32. The molecule has 2 aromatic rings. The molecule has 6 nitrogen and oxygen atoms in total. The molecular formula is C19H24N2O4S. The number of aryl methyl sites for hydroxylation is 1. The summed E-state index contributed by atoms with van der Waals surface area (Å²) in [5.41, 5.74) is 1.01. The molecule has 1 aromatic carbocycles. The van der Waals surface area contributed by atoms with Crippen molar-refractivity contribution in [2.45, 2.75) is 40.2 Å². The second kappa shape index (κ2) is 8.80. The van der Waals surface area contributed by atoms with Crippen LogP contribution in [0.2, 0.25) is 0 Å². The summed E-state index contributed by atoms with van der Waals surface area (Å²) in [4.78, 5) is 27.4. The van der Waals surface area contributed by atoms with E-state index in [0.29, 0.717) is 25.3 Å². The standard InChI is InChI=1S/C19H24N2O4S/c1-13-4-6-15(7-5-13)25-11-17-21-14(12-26-17)10-16(22)20-9-8-19(2,3)18(23)24/h4-7,12H,8-11H2,1-3H3,(H,20,22)(H,23,24). The number of rotatable bonds is 9. The Bertz CT molecular complexity index is 753. The molecule has 2 N–H and O–H groups in total. The van der Waals surface area contributed by atoms with Crippen LogP contribution in [-0.2, 0) is 22.6 Å². The van der Waals surface area contributed by atoms with Gasteiger partial charge in [-0.2, -0.15) is 0 Å². The van der Waals surface area contributed by atoms with E-state index in [9.17, 15) is 9.59 Å². The van der Waals surface area contributed by atoms with Gasteiger partial charge >= 0.3 is 5.97 Å². The Morgan fingerprint density at radius 2 is 1.96 bits per heavy atom. The minimum Gasteiger partial charge on any atom is -0.486 e. The van der Waals surface area contributed by atoms with Crippen LogP contribution in [0.3, 0.4) is 0 Å². The van der Waals surface area contributed by atoms with Crippen LogP contribution in [0, 0.1) is 12.3 Å². The lowest BCUT2D eigenvalue weighted by molar-refractivity contribution is -0.147. The number of ether oxygens (including phenoxy) is 1. The average molecular weight is 376 g/mol. The van der Waals surface area contributed by atoms with Gasteiger partial charge in [-0.25, -0.2) is 4.98 Å². The van der Waals surface area contributed by atoms with Crippen LogP contribution in [-0.4, -0.2) is 28.5 Å². The smallest absolute Gasteiger partial charge is 0.309 e. The molecule has 0 bridgehead atoms. The summed E-state index contributed by atoms with van der Waals surface area (Å²) in [7, 11) is 0. The predicted molar refractivity (Wildman–Crippen MR) is 100 cm³/mol. The zero-order valence-electron chi connectivity index (χ0n) is 15.2. The number of carbonyl (C=O) groups excluding carboxylic acids is 1. The number of nitrogens with one attached hydrogen (secondary N) is 1. The summed E-state index contributed by atoms with van der Waals surface area (Å²) in [5.74, 6) is -0.252. The number of aliphatic carboxylic acids is 1. The Labute approximate surface area is 157 Å². The average Bonchev–Trinajstić information content (AvgIpc) is 3.01. The third-order valence-electron chi connectivity index (χ3n) is 3.98. The number of nitrogens with zero attached hydrogens (tertiary/aromatic N) is 1. The summed E-state index contributed by atoms with van der Waals surface area (Å²) in [6.07, 6.45) is 0.551. The first-order valence-electron chi connectivity index (χ1n) is 8.39. The van der Waals surface area contributed by atoms with Crippen LogP contribution in [0.15, 0.2) is 29.6 Å². The van der Waals surface area contributed by atoms with E-state index in [1.807, 2.05) is 36.6 Å². The number of hydrogen-bond donors (Lipinski definition) is 2. The number of aromatic nitrogens is 1. The zero-order chi connectivity index (χ0) is 19.2. The van der Waals surface area contributed by atoms with Gasteiger partial charge in [0.2, 0.25) is 5.91 Å². The predicted octanol–water partition coefficient (Wildman–Crippen LogP) is 3.19. The lowest BCUT2D eigenvalue weighted by Gasteiger charge is -2.18. The third-order valence-corrected chi connectivity index (χ3v) is 4.85. The van der Waals surface area contributed by atoms with Crippen LogP contribution in [0.1, 0.15) is 36.5 Å². The van der Waals surface area contributed by atoms with E-state index in [1.54, 1.807) is 13.8 Å². The number of benzene rings is 1. The SMILES string of the molecule is Cc1ccc(OCc2nc(CC(=O)NCCC(C)(C)C(=O)O)cs2)cc1. The topological polar surface area (TPSA) is 88.5 Å². The molecule has 1 aromatic heterocycles. The minimum absolute atomic E-state index is 0.164. The lowest BCUT2D eigenvalue weighted by atomic mass is 9.90. The monoisotopic (exact) mass is 376 g/mol. The fourth-order valence-corrected chi connectivity index (χ4v) is 2.83. The van der Waals surface area contributed by atoms with E-state index in [1.165, 1.54) is 16.9 Å². The second-order valence-electron chi connectivity index (χ2n) is 6.80. The quantitative estimate of drug-likeness (QED) is 0.702. The molecule has 0 saturated carbocycles. The van der Waals surface area contributed by atoms with Gasteiger partial charge in [0.15, 0.2) is 0 Å². The second-order valence-corrected chi connectivity index (χ2v) is 7.74. The molecule has 0 aliphatic rings. The molecule has 0 unspecified atom stereocenters. The first-order chi connectivity index (χ1) is 12.3. The van der Waals surface area contributed by atoms with Crippen molar-refractivity contribution >= 4 is 23.2 Å². The number of thiazole rings is 1. The van der Waals surface area contributed by atoms with E-state index >= 15 is 0 Å². The number of carboxylic acid groups (broad SMARTS) is 1. The van der Waals surface area contributed by atoms with Crippen LogP contribution < -0.4 is 10.1 Å². The molecule has 0 saturated heterocycles. The van der Waals surface area contributed by atoms with Crippen LogP contribution in [0.25, 0.3) is 0 Å². The van der Waals surface area contributed by atoms with E-state index in [-0.39, 0.29) is 12.3 Å². The van der Waals surface area contributed by atoms with Gasteiger partial charge in [-0.3, -0.25) is 9.59 Å². The molecule has 0 radical (unpaired) electrons. The van der Waals surface area contributed by atoms with Gasteiger partial charge < -0.3 is 15.2 Å². The van der Waals surface area contributed by atoms with Crippen molar-refractivity contribution in [1.82, 2.24) is 10.3 Å². The van der Waals surface area contributed by atoms with Crippen molar-refractivity contribution in [1.29, 1.82) is 0 Å². The fourth-order valence-electron chi connectivity index (χ4n) is 2.12. The highest BCUT2D eigenvalue weighted by atomic mass is 32.1. The Kier molecular flexibility index (Phi) is 6.74. The molecule has 2 rings (SSSR count). The Morgan fingerprint density at radius 3 is 2.62 bits per heavy atom. The molecule has 0 spiro atoms. The molecular weight excluding hydrogens is 352 g/mol. The van der Waals surface area contributed by atoms with Crippen molar-refractivity contribution in [2.75, 3.05) is 6.54 Å². The third kappa shape index (κ3) is 6.15. The van der Waals surface area contributed by atoms with Gasteiger partial charge in [-0.05, 0) is 39.3 Å². The van der Waals surface area contributed by atoms with Crippen molar-refractivity contribution in [3.05, 3.63) is 45.9 Å². The largest absolute Gasteiger partial charge is 0.486 e. The highest BCUT2D eigenvalue weighted by Gasteiger charge is 2.26. The van der Waals surface area contributed by atoms with Crippen molar-refractivity contribution < 1.29 is 19.4 Å². The fraction of sp³-hybridized carbons (Fsp3) is 0.421. The summed E-state index contributed by atoms with van der Waals surface area (Å²) in [6, 6.07) is 7.79. The number of hydrogen-bond acceptors (Lipinski definition) is 5. The molecule has 26 heavy (non-hydrogen) atoms. The molecule has 1 heterocycles. The van der Waals surface area contributed by atoms with E-state index in [4.69, 9.17) is 9.84 Å². The van der Waals surface area contributed by atoms with Gasteiger partial charge in [0.25, 0.3) is 0 Å². The maximum atomic E-state index is 12.0. The van der Waals surface area contributed by atoms with E-state index < -0.39 is 11.4 Å². The normalized spacial score (nSPS) is 11.2. The molecule has 0 aliphatic carbocycles. The van der Waals surface area contributed by atoms with E-state index in [2.05, 4.69) is 10.3 Å². The Balaban J connectivity index is 1.75. The number of carboxylic acids is 1. The summed E-state index contributed by atoms with van der Waals surface area (Å²) in [5, 5.41) is 14.5. The maximum absolute atomic E-state index is 12.0. The van der Waals surface area contributed by atoms with E-state index in [0.717, 1.165) is 10.8 Å². The summed E-state index contributed by atoms with van der Waals surface area (Å²) < 4.78 is 5.68. The van der Waals surface area contributed by atoms with Crippen molar-refractivity contribution in [3.8, 4) is 5.75 Å². The van der Waals surface area contributed by atoms with Gasteiger partial charge in [0, 0.05) is 11.9 Å². The molecule has 140 valence electrons. The molecule has 0 atom stereocenters. The summed E-state index contributed by atoms with van der Waals surface area (Å²) >= 11 is 1.45. The van der Waals surface area contributed by atoms with Crippen molar-refractivity contribution in [3.63, 3.8) is 0 Å². The number of amides is 1. The highest BCUT2D eigenvalue weighted by molar-refractivity contribution is 7.09. The minimum atomic E-state index is -0.871. The molecule has 0 aliphatic heterocycles. The van der Waals surface area contributed by atoms with Crippen LogP contribution in [0.5, 0.6) is 5.75 Å². The van der Waals surface area contributed by atoms with Gasteiger partial charge in [0.1, 0.15) is 17.4 Å². The Hall–Kier alpha value is -2.41. The highest BCUT2D eigenvalue weighted by Crippen LogP contribution is 2.19. The first-order valence-corrected chi connectivity index (χ1v) is 9.27. The maximum Gasteiger partial charge on any atom is 0.309 e. The van der Waals surface area contributed by atoms with Crippen LogP contribution >= 0.6 is 11.3 Å². The van der Waals surface area contributed by atoms with Crippen LogP contribution in [0.4, 0.5) is 0 Å². The van der Waals surface area contributed by atoms with Gasteiger partial charge in [-0.15, -0.1) is 11.3 Å². The van der Waals surface area contributed by atoms with Gasteiger partial charge in [-0.1, -0.05) is 17.7 Å². The van der Waals surface area contributed by atoms with Crippen molar-refractivity contribution in [2.24, 2.45) is 5.41 Å². The number of carbonyl (C=O) groups is 2. The molecule has 1 amide bonds. The first kappa shape index (κ1) is 19.9. The van der Waals surface area contributed by atoms with Gasteiger partial charge in [0.05, 0.1) is 17.5 Å². The summed E-state index contributed by atoms with van der Waals surface area (Å²) in [6.45, 7) is 5.99.